The molecule has 1 fully saturated rings. The Labute approximate surface area is 177 Å². The van der Waals surface area contributed by atoms with Crippen LogP contribution in [-0.2, 0) is 19.2 Å². The SMILES string of the molecule is CC(C)CON=C(C(=O)NC1C(=O)N2C(C(=O)O)=CC(C)S[C@H]12)c1cccc(N)n1. The summed E-state index contributed by atoms with van der Waals surface area (Å²) in [5, 5.41) is 15.3. The Hall–Kier alpha value is -3.08. The Morgan fingerprint density at radius 1 is 1.43 bits per heavy atom. The van der Waals surface area contributed by atoms with Crippen LogP contribution in [0.1, 0.15) is 26.5 Å². The van der Waals surface area contributed by atoms with E-state index >= 15 is 0 Å². The zero-order valence-corrected chi connectivity index (χ0v) is 17.5. The van der Waals surface area contributed by atoms with Gasteiger partial charge in [0.2, 0.25) is 0 Å². The molecule has 3 rings (SSSR count). The molecule has 2 amide bonds. The lowest BCUT2D eigenvalue weighted by atomic mass is 10.0. The molecule has 0 radical (unpaired) electrons. The molecule has 1 aromatic rings. The average molecular weight is 433 g/mol. The minimum Gasteiger partial charge on any atom is -0.477 e. The molecule has 0 spiro atoms. The van der Waals surface area contributed by atoms with E-state index in [4.69, 9.17) is 10.6 Å². The predicted molar refractivity (Wildman–Crippen MR) is 111 cm³/mol. The summed E-state index contributed by atoms with van der Waals surface area (Å²) in [7, 11) is 0. The van der Waals surface area contributed by atoms with E-state index in [1.165, 1.54) is 22.7 Å². The molecule has 2 aliphatic heterocycles. The van der Waals surface area contributed by atoms with E-state index in [1.54, 1.807) is 18.2 Å². The van der Waals surface area contributed by atoms with Crippen molar-refractivity contribution in [3.63, 3.8) is 0 Å². The van der Waals surface area contributed by atoms with Crippen LogP contribution in [0.5, 0.6) is 0 Å². The number of nitrogens with one attached hydrogen (secondary N) is 1. The number of pyridine rings is 1. The van der Waals surface area contributed by atoms with Gasteiger partial charge in [-0.2, -0.15) is 0 Å². The molecule has 11 heteroatoms. The highest BCUT2D eigenvalue weighted by Gasteiger charge is 2.54. The van der Waals surface area contributed by atoms with Gasteiger partial charge in [-0.15, -0.1) is 11.8 Å². The number of nitrogen functional groups attached to an aromatic ring is 1. The number of hydrogen-bond acceptors (Lipinski definition) is 8. The lowest BCUT2D eigenvalue weighted by molar-refractivity contribution is -0.150. The Bertz CT molecular complexity index is 932. The fourth-order valence-corrected chi connectivity index (χ4v) is 4.31. The minimum absolute atomic E-state index is 0.0756. The van der Waals surface area contributed by atoms with Crippen molar-refractivity contribution in [3.05, 3.63) is 35.7 Å². The summed E-state index contributed by atoms with van der Waals surface area (Å²) in [5.41, 5.74) is 5.73. The minimum atomic E-state index is -1.18. The van der Waals surface area contributed by atoms with Crippen LogP contribution in [0.4, 0.5) is 5.82 Å². The maximum absolute atomic E-state index is 12.9. The van der Waals surface area contributed by atoms with E-state index in [2.05, 4.69) is 15.5 Å². The zero-order chi connectivity index (χ0) is 22.0. The number of thioether (sulfide) groups is 1. The first kappa shape index (κ1) is 21.6. The maximum atomic E-state index is 12.9. The van der Waals surface area contributed by atoms with E-state index in [-0.39, 0.29) is 40.7 Å². The number of rotatable bonds is 7. The van der Waals surface area contributed by atoms with Crippen molar-refractivity contribution >= 4 is 41.1 Å². The number of amides is 2. The molecule has 10 nitrogen and oxygen atoms in total. The quantitative estimate of drug-likeness (QED) is 0.325. The van der Waals surface area contributed by atoms with Crippen molar-refractivity contribution < 1.29 is 24.3 Å². The van der Waals surface area contributed by atoms with E-state index < -0.39 is 29.2 Å². The zero-order valence-electron chi connectivity index (χ0n) is 16.7. The van der Waals surface area contributed by atoms with Gasteiger partial charge in [0.05, 0.1) is 0 Å². The number of nitrogens with zero attached hydrogens (tertiary/aromatic N) is 3. The van der Waals surface area contributed by atoms with E-state index in [9.17, 15) is 19.5 Å². The fourth-order valence-electron chi connectivity index (χ4n) is 2.98. The second-order valence-electron chi connectivity index (χ2n) is 7.33. The van der Waals surface area contributed by atoms with Gasteiger partial charge in [-0.05, 0) is 31.1 Å². The lowest BCUT2D eigenvalue weighted by Gasteiger charge is -2.49. The van der Waals surface area contributed by atoms with Crippen molar-refractivity contribution in [3.8, 4) is 0 Å². The third kappa shape index (κ3) is 4.40. The van der Waals surface area contributed by atoms with Gasteiger partial charge in [0.15, 0.2) is 5.71 Å². The van der Waals surface area contributed by atoms with E-state index in [0.717, 1.165) is 0 Å². The lowest BCUT2D eigenvalue weighted by Crippen LogP contribution is -2.71. The molecule has 160 valence electrons. The molecular formula is C19H23N5O5S. The number of carboxylic acid groups (broad SMARTS) is 1. The van der Waals surface area contributed by atoms with Gasteiger partial charge in [0, 0.05) is 5.25 Å². The van der Waals surface area contributed by atoms with Crippen LogP contribution in [0.15, 0.2) is 35.1 Å². The summed E-state index contributed by atoms with van der Waals surface area (Å²) in [6.07, 6.45) is 1.52. The van der Waals surface area contributed by atoms with Gasteiger partial charge < -0.3 is 21.0 Å². The van der Waals surface area contributed by atoms with Crippen LogP contribution in [0, 0.1) is 5.92 Å². The first-order valence-corrected chi connectivity index (χ1v) is 10.3. The predicted octanol–water partition coefficient (Wildman–Crippen LogP) is 0.797. The highest BCUT2D eigenvalue weighted by atomic mass is 32.2. The summed E-state index contributed by atoms with van der Waals surface area (Å²) >= 11 is 1.39. The normalized spacial score (nSPS) is 23.4. The first-order chi connectivity index (χ1) is 14.2. The smallest absolute Gasteiger partial charge is 0.352 e. The first-order valence-electron chi connectivity index (χ1n) is 9.36. The second kappa shape index (κ2) is 8.74. The summed E-state index contributed by atoms with van der Waals surface area (Å²) in [6, 6.07) is 3.87. The molecule has 0 saturated carbocycles. The highest BCUT2D eigenvalue weighted by Crippen LogP contribution is 2.40. The third-order valence-electron chi connectivity index (χ3n) is 4.35. The van der Waals surface area contributed by atoms with Crippen molar-refractivity contribution in [1.82, 2.24) is 15.2 Å². The molecule has 3 atom stereocenters. The molecule has 30 heavy (non-hydrogen) atoms. The van der Waals surface area contributed by atoms with Crippen LogP contribution < -0.4 is 11.1 Å². The molecule has 0 aliphatic carbocycles. The van der Waals surface area contributed by atoms with Crippen LogP contribution in [0.2, 0.25) is 0 Å². The number of anilines is 1. The number of aliphatic carboxylic acids is 1. The number of hydrogen-bond donors (Lipinski definition) is 3. The standard InChI is InChI=1S/C19H23N5O5S/c1-9(2)8-29-23-14(11-5-4-6-13(20)21-11)16(25)22-15-17(26)24-12(19(27)28)7-10(3)30-18(15)24/h4-7,9-10,15,18H,8H2,1-3H3,(H2,20,21)(H,22,25)(H,27,28)/t10?,15?,18-/m1/s1. The molecule has 0 aromatic carbocycles. The van der Waals surface area contributed by atoms with Gasteiger partial charge >= 0.3 is 5.97 Å². The highest BCUT2D eigenvalue weighted by molar-refractivity contribution is 8.00. The average Bonchev–Trinajstić information content (AvgIpc) is 2.68. The number of fused-ring (bicyclic) bond motifs is 1. The summed E-state index contributed by atoms with van der Waals surface area (Å²) in [4.78, 5) is 47.5. The number of carbonyl (C=O) groups is 3. The maximum Gasteiger partial charge on any atom is 0.352 e. The van der Waals surface area contributed by atoms with E-state index in [1.807, 2.05) is 20.8 Å². The van der Waals surface area contributed by atoms with Crippen LogP contribution in [0.3, 0.4) is 0 Å². The Kier molecular flexibility index (Phi) is 6.30. The van der Waals surface area contributed by atoms with Gasteiger partial charge in [-0.1, -0.05) is 25.1 Å². The Morgan fingerprint density at radius 3 is 2.80 bits per heavy atom. The Balaban J connectivity index is 1.80. The van der Waals surface area contributed by atoms with Gasteiger partial charge in [-0.3, -0.25) is 14.5 Å². The summed E-state index contributed by atoms with van der Waals surface area (Å²) in [5.74, 6) is -1.94. The van der Waals surface area contributed by atoms with Gasteiger partial charge in [0.1, 0.15) is 35.2 Å². The van der Waals surface area contributed by atoms with Crippen molar-refractivity contribution in [2.75, 3.05) is 12.3 Å². The number of β-lactam (4-membered cyclic amide) rings is 1. The van der Waals surface area contributed by atoms with Crippen LogP contribution in [-0.4, -0.2) is 61.8 Å². The molecule has 3 heterocycles. The Morgan fingerprint density at radius 2 is 2.17 bits per heavy atom. The molecule has 2 unspecified atom stereocenters. The third-order valence-corrected chi connectivity index (χ3v) is 5.67. The van der Waals surface area contributed by atoms with Crippen molar-refractivity contribution in [2.45, 2.75) is 37.4 Å². The summed E-state index contributed by atoms with van der Waals surface area (Å²) < 4.78 is 0. The molecule has 0 bridgehead atoms. The number of carbonyl (C=O) groups excluding carboxylic acids is 2. The van der Waals surface area contributed by atoms with E-state index in [0.29, 0.717) is 0 Å². The number of aromatic nitrogens is 1. The fraction of sp³-hybridized carbons (Fsp3) is 0.421. The van der Waals surface area contributed by atoms with Gasteiger partial charge in [0.25, 0.3) is 11.8 Å². The monoisotopic (exact) mass is 433 g/mol. The number of nitrogens with two attached hydrogens (primary N) is 1. The second-order valence-corrected chi connectivity index (χ2v) is 8.82. The topological polar surface area (TPSA) is 147 Å². The summed E-state index contributed by atoms with van der Waals surface area (Å²) in [6.45, 7) is 5.99. The van der Waals surface area contributed by atoms with Crippen molar-refractivity contribution in [1.29, 1.82) is 0 Å². The molecule has 1 aromatic heterocycles. The van der Waals surface area contributed by atoms with Gasteiger partial charge in [-0.25, -0.2) is 9.78 Å². The molecule has 1 saturated heterocycles. The number of oxime groups is 1. The molecule has 2 aliphatic rings. The molecule has 4 N–H and O–H groups in total. The van der Waals surface area contributed by atoms with Crippen LogP contribution >= 0.6 is 11.8 Å². The number of carboxylic acids is 1. The van der Waals surface area contributed by atoms with Crippen molar-refractivity contribution in [2.24, 2.45) is 11.1 Å². The molecular weight excluding hydrogens is 410 g/mol. The van der Waals surface area contributed by atoms with Crippen LogP contribution in [0.25, 0.3) is 0 Å². The largest absolute Gasteiger partial charge is 0.477 e.